The van der Waals surface area contributed by atoms with Crippen molar-refractivity contribution >= 4 is 33.1 Å². The molecule has 0 saturated carbocycles. The van der Waals surface area contributed by atoms with Gasteiger partial charge in [-0.2, -0.15) is 0 Å². The Hall–Kier alpha value is 0.870. The van der Waals surface area contributed by atoms with Gasteiger partial charge in [-0.05, 0) is 36.6 Å². The van der Waals surface area contributed by atoms with E-state index in [-0.39, 0.29) is 7.30 Å². The lowest BCUT2D eigenvalue weighted by Crippen LogP contribution is -2.23. The molecule has 1 aliphatic carbocycles. The highest BCUT2D eigenvalue weighted by Crippen LogP contribution is 2.72. The summed E-state index contributed by atoms with van der Waals surface area (Å²) in [6.45, 7) is 2.29. The number of hydrogen-bond acceptors (Lipinski definition) is 1. The van der Waals surface area contributed by atoms with E-state index >= 15 is 0 Å². The summed E-state index contributed by atoms with van der Waals surface area (Å²) < 4.78 is 0. The summed E-state index contributed by atoms with van der Waals surface area (Å²) in [7, 11) is 7.19. The third kappa shape index (κ3) is 3.49. The van der Waals surface area contributed by atoms with Crippen LogP contribution in [0.4, 0.5) is 0 Å². The molecule has 0 amide bonds. The number of fused-ring (bicyclic) bond motifs is 1. The molecule has 6 atom stereocenters. The van der Waals surface area contributed by atoms with Crippen LogP contribution in [0, 0.1) is 0 Å². The Morgan fingerprint density at radius 2 is 2.39 bits per heavy atom. The molecule has 1 aromatic heterocycles. The number of nitrogens with zero attached hydrogens (tertiary/aromatic N) is 1. The Morgan fingerprint density at radius 3 is 3.11 bits per heavy atom. The number of aryl methyl sites for hydroxylation is 1. The summed E-state index contributed by atoms with van der Waals surface area (Å²) in [6.07, 6.45) is 8.54. The van der Waals surface area contributed by atoms with Gasteiger partial charge in [0.25, 0.3) is 0 Å². The minimum atomic E-state index is 0.0906. The van der Waals surface area contributed by atoms with E-state index in [0.29, 0.717) is 5.92 Å². The Bertz CT molecular complexity index is 385. The standard InChI is InChI=1S/C13H23NP4/c1-2-3-6-11-12(18(16)17-15)8-7-10-5-4-9-14-13(10)11/h4-5,9,11-12,17H,2-3,6-8,15-16H2,1H3/t11-,12-,18?/m0/s1. The maximum Gasteiger partial charge on any atom is 0.0472 e. The minimum absolute atomic E-state index is 0.0906. The van der Waals surface area contributed by atoms with Crippen molar-refractivity contribution in [3.63, 3.8) is 0 Å². The first-order chi connectivity index (χ1) is 8.77. The molecule has 0 N–H and O–H groups in total. The molecule has 4 unspecified atom stereocenters. The molecule has 100 valence electrons. The first-order valence-electron chi connectivity index (χ1n) is 6.71. The SMILES string of the molecule is CCCC[C@@H]1c2ncccc2CC[C@@H]1P(P)PP. The molecule has 1 aliphatic rings. The van der Waals surface area contributed by atoms with E-state index < -0.39 is 0 Å². The molecule has 0 aromatic carbocycles. The average Bonchev–Trinajstić information content (AvgIpc) is 2.43. The molecule has 0 bridgehead atoms. The quantitative estimate of drug-likeness (QED) is 0.669. The third-order valence-corrected chi connectivity index (χ3v) is 15.2. The highest BCUT2D eigenvalue weighted by atomic mass is 32.6. The van der Waals surface area contributed by atoms with E-state index in [2.05, 4.69) is 36.9 Å². The van der Waals surface area contributed by atoms with Gasteiger partial charge in [-0.15, -0.1) is 17.9 Å². The minimum Gasteiger partial charge on any atom is -0.261 e. The molecule has 0 spiro atoms. The zero-order valence-corrected chi connectivity index (χ0v) is 15.2. The zero-order valence-electron chi connectivity index (χ0n) is 11.0. The first kappa shape index (κ1) is 15.3. The van der Waals surface area contributed by atoms with Gasteiger partial charge in [0.2, 0.25) is 0 Å². The predicted octanol–water partition coefficient (Wildman–Crippen LogP) is 5.33. The maximum atomic E-state index is 4.72. The van der Waals surface area contributed by atoms with Crippen molar-refractivity contribution in [2.45, 2.75) is 50.6 Å². The van der Waals surface area contributed by atoms with Crippen LogP contribution >= 0.6 is 33.1 Å². The summed E-state index contributed by atoms with van der Waals surface area (Å²) in [4.78, 5) is 4.72. The monoisotopic (exact) mass is 317 g/mol. The fraction of sp³-hybridized carbons (Fsp3) is 0.615. The predicted molar refractivity (Wildman–Crippen MR) is 93.3 cm³/mol. The average molecular weight is 317 g/mol. The van der Waals surface area contributed by atoms with Crippen LogP contribution in [-0.2, 0) is 6.42 Å². The summed E-state index contributed by atoms with van der Waals surface area (Å²) in [5, 5.41) is 0. The van der Waals surface area contributed by atoms with E-state index in [1.165, 1.54) is 43.4 Å². The molecule has 1 aromatic rings. The van der Waals surface area contributed by atoms with Gasteiger partial charge in [0.15, 0.2) is 0 Å². The van der Waals surface area contributed by atoms with E-state index in [1.807, 2.05) is 6.20 Å². The van der Waals surface area contributed by atoms with Crippen molar-refractivity contribution < 1.29 is 0 Å². The highest BCUT2D eigenvalue weighted by molar-refractivity contribution is 8.61. The van der Waals surface area contributed by atoms with Crippen molar-refractivity contribution in [3.05, 3.63) is 29.6 Å². The smallest absolute Gasteiger partial charge is 0.0472 e. The van der Waals surface area contributed by atoms with Gasteiger partial charge in [-0.1, -0.05) is 41.1 Å². The van der Waals surface area contributed by atoms with E-state index in [9.17, 15) is 0 Å². The van der Waals surface area contributed by atoms with Crippen molar-refractivity contribution in [2.24, 2.45) is 0 Å². The molecular formula is C13H23NP4. The first-order valence-corrected chi connectivity index (χ1v) is 13.4. The number of unbranched alkanes of at least 4 members (excludes halogenated alkanes) is 1. The molecule has 0 aliphatic heterocycles. The number of rotatable bonds is 5. The van der Waals surface area contributed by atoms with Gasteiger partial charge in [0, 0.05) is 17.8 Å². The Labute approximate surface area is 118 Å². The van der Waals surface area contributed by atoms with Crippen LogP contribution in [0.2, 0.25) is 0 Å². The second-order valence-electron chi connectivity index (χ2n) is 4.94. The molecule has 0 radical (unpaired) electrons. The van der Waals surface area contributed by atoms with Crippen LogP contribution in [0.5, 0.6) is 0 Å². The van der Waals surface area contributed by atoms with Crippen LogP contribution in [-0.4, -0.2) is 10.6 Å². The Morgan fingerprint density at radius 1 is 1.56 bits per heavy atom. The van der Waals surface area contributed by atoms with Crippen LogP contribution in [0.25, 0.3) is 0 Å². The van der Waals surface area contributed by atoms with Gasteiger partial charge in [0.05, 0.1) is 0 Å². The highest BCUT2D eigenvalue weighted by Gasteiger charge is 2.32. The second kappa shape index (κ2) is 7.60. The number of pyridine rings is 1. The van der Waals surface area contributed by atoms with Crippen molar-refractivity contribution in [3.8, 4) is 0 Å². The van der Waals surface area contributed by atoms with Crippen LogP contribution in [0.3, 0.4) is 0 Å². The van der Waals surface area contributed by atoms with Gasteiger partial charge in [-0.25, -0.2) is 0 Å². The van der Waals surface area contributed by atoms with E-state index in [4.69, 9.17) is 4.98 Å². The molecule has 1 nitrogen and oxygen atoms in total. The van der Waals surface area contributed by atoms with Crippen LogP contribution in [0.15, 0.2) is 18.3 Å². The Kier molecular flexibility index (Phi) is 6.44. The lowest BCUT2D eigenvalue weighted by atomic mass is 9.83. The van der Waals surface area contributed by atoms with Crippen molar-refractivity contribution in [1.29, 1.82) is 0 Å². The van der Waals surface area contributed by atoms with E-state index in [0.717, 1.165) is 13.6 Å². The largest absolute Gasteiger partial charge is 0.261 e. The molecular weight excluding hydrogens is 294 g/mol. The van der Waals surface area contributed by atoms with Gasteiger partial charge < -0.3 is 0 Å². The van der Waals surface area contributed by atoms with Crippen molar-refractivity contribution in [2.75, 3.05) is 0 Å². The Balaban J connectivity index is 2.24. The second-order valence-corrected chi connectivity index (χ2v) is 14.5. The van der Waals surface area contributed by atoms with Crippen LogP contribution in [0.1, 0.15) is 49.8 Å². The van der Waals surface area contributed by atoms with Gasteiger partial charge in [0.1, 0.15) is 0 Å². The molecule has 0 fully saturated rings. The summed E-state index contributed by atoms with van der Waals surface area (Å²) in [5.74, 6) is 0.714. The van der Waals surface area contributed by atoms with Crippen molar-refractivity contribution in [1.82, 2.24) is 4.98 Å². The summed E-state index contributed by atoms with van der Waals surface area (Å²) in [6, 6.07) is 4.38. The molecule has 18 heavy (non-hydrogen) atoms. The fourth-order valence-electron chi connectivity index (χ4n) is 2.86. The normalized spacial score (nSPS) is 25.3. The third-order valence-electron chi connectivity index (χ3n) is 3.83. The zero-order chi connectivity index (χ0) is 13.0. The van der Waals surface area contributed by atoms with E-state index in [1.54, 1.807) is 0 Å². The molecule has 1 heterocycles. The fourth-order valence-corrected chi connectivity index (χ4v) is 8.44. The number of aromatic nitrogens is 1. The molecule has 0 saturated heterocycles. The topological polar surface area (TPSA) is 12.9 Å². The molecule has 5 heteroatoms. The lowest BCUT2D eigenvalue weighted by Gasteiger charge is -2.36. The van der Waals surface area contributed by atoms with Crippen LogP contribution < -0.4 is 0 Å². The lowest BCUT2D eigenvalue weighted by molar-refractivity contribution is 0.500. The summed E-state index contributed by atoms with van der Waals surface area (Å²) in [5.41, 5.74) is 3.80. The summed E-state index contributed by atoms with van der Waals surface area (Å²) >= 11 is 0. The van der Waals surface area contributed by atoms with Gasteiger partial charge in [-0.3, -0.25) is 4.98 Å². The maximum absolute atomic E-state index is 4.72. The molecule has 2 rings (SSSR count). The number of hydrogen-bond donors (Lipinski definition) is 0. The van der Waals surface area contributed by atoms with Gasteiger partial charge >= 0.3 is 0 Å².